The van der Waals surface area contributed by atoms with Gasteiger partial charge in [-0.05, 0) is 42.4 Å². The number of nitrogens with zero attached hydrogens (tertiary/aromatic N) is 1. The van der Waals surface area contributed by atoms with E-state index in [1.807, 2.05) is 11.0 Å². The van der Waals surface area contributed by atoms with Crippen LogP contribution >= 0.6 is 0 Å². The van der Waals surface area contributed by atoms with E-state index in [1.54, 1.807) is 6.08 Å². The summed E-state index contributed by atoms with van der Waals surface area (Å²) in [6, 6.07) is 8.48. The van der Waals surface area contributed by atoms with Crippen molar-refractivity contribution in [3.63, 3.8) is 0 Å². The molecular formula is C17H19NO. The quantitative estimate of drug-likeness (QED) is 0.741. The fourth-order valence-electron chi connectivity index (χ4n) is 2.81. The topological polar surface area (TPSA) is 20.3 Å². The lowest BCUT2D eigenvalue weighted by Crippen LogP contribution is -2.25. The normalized spacial score (nSPS) is 18.5. The number of hydrogen-bond donors (Lipinski definition) is 0. The second kappa shape index (κ2) is 5.43. The van der Waals surface area contributed by atoms with Crippen LogP contribution in [0.3, 0.4) is 0 Å². The van der Waals surface area contributed by atoms with E-state index in [-0.39, 0.29) is 5.91 Å². The minimum atomic E-state index is 0.164. The van der Waals surface area contributed by atoms with Gasteiger partial charge in [-0.25, -0.2) is 0 Å². The first kappa shape index (κ1) is 12.2. The lowest BCUT2D eigenvalue weighted by Gasteiger charge is -2.15. The monoisotopic (exact) mass is 253 g/mol. The highest BCUT2D eigenvalue weighted by Gasteiger charge is 2.15. The van der Waals surface area contributed by atoms with E-state index in [0.717, 1.165) is 38.8 Å². The van der Waals surface area contributed by atoms with Gasteiger partial charge in [-0.15, -0.1) is 0 Å². The number of carbonyl (C=O) groups is 1. The molecule has 2 aliphatic rings. The maximum atomic E-state index is 11.9. The Kier molecular flexibility index (Phi) is 3.49. The van der Waals surface area contributed by atoms with E-state index in [0.29, 0.717) is 0 Å². The lowest BCUT2D eigenvalue weighted by molar-refractivity contribution is -0.124. The Morgan fingerprint density at radius 2 is 1.89 bits per heavy atom. The first-order valence-corrected chi connectivity index (χ1v) is 7.08. The molecule has 1 aromatic rings. The minimum Gasteiger partial charge on any atom is -0.339 e. The van der Waals surface area contributed by atoms with Gasteiger partial charge in [0.15, 0.2) is 0 Å². The van der Waals surface area contributed by atoms with Gasteiger partial charge in [0.05, 0.1) is 0 Å². The molecule has 0 unspecified atom stereocenters. The van der Waals surface area contributed by atoms with Crippen LogP contribution in [0.15, 0.2) is 42.0 Å². The van der Waals surface area contributed by atoms with E-state index < -0.39 is 0 Å². The summed E-state index contributed by atoms with van der Waals surface area (Å²) in [6.45, 7) is 1.84. The molecule has 3 rings (SSSR count). The van der Waals surface area contributed by atoms with Gasteiger partial charge in [-0.2, -0.15) is 0 Å². The van der Waals surface area contributed by atoms with Gasteiger partial charge in [0.1, 0.15) is 0 Å². The van der Waals surface area contributed by atoms with Crippen LogP contribution in [0.25, 0.3) is 6.08 Å². The molecule has 1 amide bonds. The molecule has 1 saturated heterocycles. The molecule has 0 saturated carbocycles. The number of rotatable bonds is 2. The zero-order chi connectivity index (χ0) is 13.1. The van der Waals surface area contributed by atoms with Crippen LogP contribution in [-0.4, -0.2) is 23.9 Å². The fourth-order valence-corrected chi connectivity index (χ4v) is 2.81. The second-order valence-corrected chi connectivity index (χ2v) is 5.28. The van der Waals surface area contributed by atoms with Crippen molar-refractivity contribution in [3.05, 3.63) is 53.1 Å². The third-order valence-electron chi connectivity index (χ3n) is 3.94. The van der Waals surface area contributed by atoms with Gasteiger partial charge in [-0.1, -0.05) is 36.4 Å². The van der Waals surface area contributed by atoms with Crippen molar-refractivity contribution in [2.75, 3.05) is 13.1 Å². The Balaban J connectivity index is 1.70. The molecular weight excluding hydrogens is 234 g/mol. The molecule has 19 heavy (non-hydrogen) atoms. The molecule has 0 atom stereocenters. The largest absolute Gasteiger partial charge is 0.339 e. The van der Waals surface area contributed by atoms with Gasteiger partial charge in [-0.3, -0.25) is 4.79 Å². The second-order valence-electron chi connectivity index (χ2n) is 5.28. The van der Waals surface area contributed by atoms with Crippen LogP contribution in [0.1, 0.15) is 30.4 Å². The van der Waals surface area contributed by atoms with Crippen molar-refractivity contribution in [1.29, 1.82) is 0 Å². The summed E-state index contributed by atoms with van der Waals surface area (Å²) in [6.07, 6.45) is 10.3. The zero-order valence-electron chi connectivity index (χ0n) is 11.1. The Morgan fingerprint density at radius 3 is 2.74 bits per heavy atom. The van der Waals surface area contributed by atoms with Gasteiger partial charge in [0.25, 0.3) is 0 Å². The van der Waals surface area contributed by atoms with Crippen molar-refractivity contribution in [2.45, 2.75) is 25.7 Å². The van der Waals surface area contributed by atoms with Crippen LogP contribution in [0, 0.1) is 0 Å². The number of amides is 1. The van der Waals surface area contributed by atoms with Crippen LogP contribution in [0.5, 0.6) is 0 Å². The molecule has 0 aromatic heterocycles. The number of fused-ring (bicyclic) bond motifs is 1. The lowest BCUT2D eigenvalue weighted by atomic mass is 9.92. The predicted octanol–water partition coefficient (Wildman–Crippen LogP) is 3.19. The summed E-state index contributed by atoms with van der Waals surface area (Å²) in [5.41, 5.74) is 3.96. The van der Waals surface area contributed by atoms with Crippen LogP contribution < -0.4 is 0 Å². The number of allylic oxidation sites excluding steroid dienone is 2. The Bertz CT molecular complexity index is 536. The van der Waals surface area contributed by atoms with Crippen molar-refractivity contribution >= 4 is 12.0 Å². The molecule has 0 N–H and O–H groups in total. The molecule has 0 spiro atoms. The van der Waals surface area contributed by atoms with E-state index >= 15 is 0 Å². The molecule has 1 aromatic carbocycles. The summed E-state index contributed by atoms with van der Waals surface area (Å²) >= 11 is 0. The molecule has 2 nitrogen and oxygen atoms in total. The summed E-state index contributed by atoms with van der Waals surface area (Å²) in [5.74, 6) is 0.164. The van der Waals surface area contributed by atoms with Crippen LogP contribution in [0.4, 0.5) is 0 Å². The highest BCUT2D eigenvalue weighted by Crippen LogP contribution is 2.24. The van der Waals surface area contributed by atoms with Gasteiger partial charge < -0.3 is 4.90 Å². The number of likely N-dealkylation sites (tertiary alicyclic amines) is 1. The van der Waals surface area contributed by atoms with E-state index in [9.17, 15) is 4.79 Å². The maximum absolute atomic E-state index is 11.9. The van der Waals surface area contributed by atoms with E-state index in [4.69, 9.17) is 0 Å². The third kappa shape index (κ3) is 2.78. The number of hydrogen-bond acceptors (Lipinski definition) is 1. The molecule has 1 aliphatic carbocycles. The van der Waals surface area contributed by atoms with Crippen molar-refractivity contribution in [2.24, 2.45) is 0 Å². The summed E-state index contributed by atoms with van der Waals surface area (Å²) in [7, 11) is 0. The Morgan fingerprint density at radius 1 is 1.11 bits per heavy atom. The molecule has 1 fully saturated rings. The van der Waals surface area contributed by atoms with Crippen molar-refractivity contribution in [3.8, 4) is 0 Å². The predicted molar refractivity (Wildman–Crippen MR) is 77.7 cm³/mol. The van der Waals surface area contributed by atoms with Gasteiger partial charge in [0, 0.05) is 19.2 Å². The number of aryl methyl sites for hydroxylation is 1. The number of benzene rings is 1. The number of carbonyl (C=O) groups excluding carboxylic acids is 1. The highest BCUT2D eigenvalue weighted by atomic mass is 16.2. The molecule has 98 valence electrons. The van der Waals surface area contributed by atoms with E-state index in [1.165, 1.54) is 16.7 Å². The van der Waals surface area contributed by atoms with Crippen molar-refractivity contribution < 1.29 is 4.79 Å². The minimum absolute atomic E-state index is 0.164. The van der Waals surface area contributed by atoms with E-state index in [2.05, 4.69) is 30.3 Å². The van der Waals surface area contributed by atoms with Crippen LogP contribution in [-0.2, 0) is 11.2 Å². The molecule has 2 heteroatoms. The summed E-state index contributed by atoms with van der Waals surface area (Å²) in [5, 5.41) is 0. The molecule has 0 radical (unpaired) electrons. The zero-order valence-corrected chi connectivity index (χ0v) is 11.1. The smallest absolute Gasteiger partial charge is 0.246 e. The molecule has 1 heterocycles. The average Bonchev–Trinajstić information content (AvgIpc) is 2.99. The summed E-state index contributed by atoms with van der Waals surface area (Å²) in [4.78, 5) is 13.9. The molecule has 0 bridgehead atoms. The average molecular weight is 253 g/mol. The first-order valence-electron chi connectivity index (χ1n) is 7.08. The highest BCUT2D eigenvalue weighted by molar-refractivity contribution is 5.88. The fraction of sp³-hybridized carbons (Fsp3) is 0.353. The van der Waals surface area contributed by atoms with Crippen LogP contribution in [0.2, 0.25) is 0 Å². The maximum Gasteiger partial charge on any atom is 0.246 e. The summed E-state index contributed by atoms with van der Waals surface area (Å²) < 4.78 is 0. The standard InChI is InChI=1S/C17H19NO/c19-17(18-11-3-4-12-18)10-8-14-7-9-15-5-1-2-6-16(15)13-14/h1-2,5-6,8,10,13H,3-4,7,9,11-12H2/b10-8+. The van der Waals surface area contributed by atoms with Crippen molar-refractivity contribution in [1.82, 2.24) is 4.90 Å². The first-order chi connectivity index (χ1) is 9.33. The van der Waals surface area contributed by atoms with Gasteiger partial charge >= 0.3 is 0 Å². The molecule has 1 aliphatic heterocycles. The van der Waals surface area contributed by atoms with Gasteiger partial charge in [0.2, 0.25) is 5.91 Å². The Labute approximate surface area is 114 Å². The third-order valence-corrected chi connectivity index (χ3v) is 3.94. The Hall–Kier alpha value is -1.83. The SMILES string of the molecule is O=C(/C=C/C1=Cc2ccccc2CC1)N1CCCC1.